The Balaban J connectivity index is 1.14. The Morgan fingerprint density at radius 3 is 2.22 bits per heavy atom. The van der Waals surface area contributed by atoms with Gasteiger partial charge in [0.15, 0.2) is 5.84 Å². The Hall–Kier alpha value is -5.60. The molecule has 1 unspecified atom stereocenters. The van der Waals surface area contributed by atoms with Crippen molar-refractivity contribution in [3.05, 3.63) is 196 Å². The van der Waals surface area contributed by atoms with Crippen LogP contribution in [0.4, 0.5) is 0 Å². The highest BCUT2D eigenvalue weighted by atomic mass is 14.9. The first-order valence-corrected chi connectivity index (χ1v) is 17.3. The lowest BCUT2D eigenvalue weighted by molar-refractivity contribution is 0.659. The molecule has 2 aliphatic rings. The summed E-state index contributed by atoms with van der Waals surface area (Å²) in [6.07, 6.45) is 5.21. The molecule has 6 aromatic carbocycles. The van der Waals surface area contributed by atoms with Crippen LogP contribution in [0.5, 0.6) is 0 Å². The number of hydrogen-bond donors (Lipinski definition) is 0. The molecule has 238 valence electrons. The van der Waals surface area contributed by atoms with E-state index in [4.69, 9.17) is 9.98 Å². The van der Waals surface area contributed by atoms with Crippen LogP contribution >= 0.6 is 0 Å². The second kappa shape index (κ2) is 12.8. The average Bonchev–Trinajstić information content (AvgIpc) is 3.37. The van der Waals surface area contributed by atoms with E-state index < -0.39 is 0 Å². The Bertz CT molecular complexity index is 2250. The molecule has 2 heteroatoms. The van der Waals surface area contributed by atoms with Crippen molar-refractivity contribution in [3.8, 4) is 22.3 Å². The van der Waals surface area contributed by atoms with Crippen LogP contribution in [0.2, 0.25) is 0 Å². The summed E-state index contributed by atoms with van der Waals surface area (Å²) < 4.78 is 0. The van der Waals surface area contributed by atoms with E-state index in [-0.39, 0.29) is 11.3 Å². The second-order valence-corrected chi connectivity index (χ2v) is 13.8. The summed E-state index contributed by atoms with van der Waals surface area (Å²) in [5.74, 6) is 1.02. The Morgan fingerprint density at radius 1 is 0.673 bits per heavy atom. The first-order valence-electron chi connectivity index (χ1n) is 17.3. The average molecular weight is 633 g/mol. The molecular formula is C47H40N2. The zero-order chi connectivity index (χ0) is 33.4. The third-order valence-corrected chi connectivity index (χ3v) is 10.3. The minimum Gasteiger partial charge on any atom is -0.261 e. The lowest BCUT2D eigenvalue weighted by Crippen LogP contribution is -2.15. The van der Waals surface area contributed by atoms with Crippen molar-refractivity contribution in [2.45, 2.75) is 45.1 Å². The molecule has 0 aromatic heterocycles. The number of benzene rings is 6. The lowest BCUT2D eigenvalue weighted by Gasteiger charge is -2.27. The van der Waals surface area contributed by atoms with Crippen LogP contribution in [0.1, 0.15) is 70.7 Å². The van der Waals surface area contributed by atoms with Gasteiger partial charge in [-0.05, 0) is 74.5 Å². The normalized spacial score (nSPS) is 16.2. The number of allylic oxidation sites excluding steroid dienone is 1. The van der Waals surface area contributed by atoms with Gasteiger partial charge >= 0.3 is 0 Å². The van der Waals surface area contributed by atoms with Crippen molar-refractivity contribution in [1.82, 2.24) is 0 Å². The fourth-order valence-electron chi connectivity index (χ4n) is 7.67. The summed E-state index contributed by atoms with van der Waals surface area (Å²) in [6.45, 7) is 7.39. The van der Waals surface area contributed by atoms with E-state index in [2.05, 4.69) is 166 Å². The first-order chi connectivity index (χ1) is 24.0. The third-order valence-electron chi connectivity index (χ3n) is 10.3. The first kappa shape index (κ1) is 30.7. The molecule has 2 nitrogen and oxygen atoms in total. The summed E-state index contributed by atoms with van der Waals surface area (Å²) in [6, 6.07) is 52.6. The van der Waals surface area contributed by atoms with E-state index in [1.165, 1.54) is 61.2 Å². The van der Waals surface area contributed by atoms with Crippen LogP contribution in [-0.2, 0) is 12.0 Å². The molecule has 1 atom stereocenters. The number of amidine groups is 1. The number of nitrogens with zero attached hydrogens (tertiary/aromatic N) is 2. The number of aryl methyl sites for hydroxylation is 1. The molecule has 0 heterocycles. The van der Waals surface area contributed by atoms with Gasteiger partial charge in [0.2, 0.25) is 0 Å². The van der Waals surface area contributed by atoms with Crippen LogP contribution in [0, 0.1) is 6.92 Å². The highest BCUT2D eigenvalue weighted by Crippen LogP contribution is 2.50. The van der Waals surface area contributed by atoms with Gasteiger partial charge in [-0.3, -0.25) is 4.99 Å². The summed E-state index contributed by atoms with van der Waals surface area (Å²) in [4.78, 5) is 10.2. The van der Waals surface area contributed by atoms with Gasteiger partial charge in [-0.25, -0.2) is 4.99 Å². The largest absolute Gasteiger partial charge is 0.261 e. The third kappa shape index (κ3) is 5.89. The van der Waals surface area contributed by atoms with Gasteiger partial charge in [-0.2, -0.15) is 0 Å². The summed E-state index contributed by atoms with van der Waals surface area (Å²) in [5.41, 5.74) is 16.5. The van der Waals surface area contributed by atoms with Crippen molar-refractivity contribution < 1.29 is 0 Å². The highest BCUT2D eigenvalue weighted by molar-refractivity contribution is 6.26. The van der Waals surface area contributed by atoms with Gasteiger partial charge in [0.1, 0.15) is 0 Å². The number of aliphatic imine (C=N–C) groups is 2. The minimum absolute atomic E-state index is 0.00499. The van der Waals surface area contributed by atoms with Crippen LogP contribution in [0.3, 0.4) is 0 Å². The van der Waals surface area contributed by atoms with Crippen molar-refractivity contribution in [2.75, 3.05) is 0 Å². The molecule has 8 rings (SSSR count). The molecule has 0 fully saturated rings. The van der Waals surface area contributed by atoms with E-state index in [0.29, 0.717) is 6.54 Å². The fourth-order valence-corrected chi connectivity index (χ4v) is 7.67. The summed E-state index contributed by atoms with van der Waals surface area (Å²) >= 11 is 0. The van der Waals surface area contributed by atoms with Crippen molar-refractivity contribution >= 4 is 17.6 Å². The molecule has 0 bridgehead atoms. The molecule has 0 radical (unpaired) electrons. The molecule has 49 heavy (non-hydrogen) atoms. The molecule has 6 aromatic rings. The standard InChI is InChI=1S/C47H40N2/c1-32-12-11-15-36(28-32)35-22-20-34(21-23-35)31-49-46(48-30-33-13-5-4-6-14-33)42-26-25-38(39-16-7-8-17-40(39)42)37-24-27-45-43(29-37)41-18-9-10-19-44(41)47(45,2)3/h4-24,26-29,31,38H,25,30H2,1-3H3. The molecule has 0 spiro atoms. The number of hydrogen-bond acceptors (Lipinski definition) is 1. The van der Waals surface area contributed by atoms with Crippen molar-refractivity contribution in [1.29, 1.82) is 0 Å². The topological polar surface area (TPSA) is 24.7 Å². The Kier molecular flexibility index (Phi) is 8.01. The fraction of sp³-hybridized carbons (Fsp3) is 0.149. The van der Waals surface area contributed by atoms with Gasteiger partial charge in [-0.1, -0.05) is 171 Å². The predicted octanol–water partition coefficient (Wildman–Crippen LogP) is 11.6. The molecule has 0 aliphatic heterocycles. The van der Waals surface area contributed by atoms with E-state index in [9.17, 15) is 0 Å². The van der Waals surface area contributed by atoms with E-state index in [1.807, 2.05) is 12.3 Å². The van der Waals surface area contributed by atoms with Gasteiger partial charge in [0.25, 0.3) is 0 Å². The van der Waals surface area contributed by atoms with E-state index in [1.54, 1.807) is 0 Å². The minimum atomic E-state index is 0.00499. The molecule has 0 N–H and O–H groups in total. The molecule has 0 amide bonds. The maximum atomic E-state index is 5.14. The van der Waals surface area contributed by atoms with Gasteiger partial charge in [0, 0.05) is 23.1 Å². The van der Waals surface area contributed by atoms with E-state index >= 15 is 0 Å². The van der Waals surface area contributed by atoms with Crippen molar-refractivity contribution in [3.63, 3.8) is 0 Å². The van der Waals surface area contributed by atoms with Crippen LogP contribution in [0.25, 0.3) is 27.8 Å². The van der Waals surface area contributed by atoms with Gasteiger partial charge in [-0.15, -0.1) is 0 Å². The van der Waals surface area contributed by atoms with Crippen LogP contribution < -0.4 is 0 Å². The van der Waals surface area contributed by atoms with Gasteiger partial charge in [0.05, 0.1) is 6.54 Å². The maximum Gasteiger partial charge on any atom is 0.155 e. The maximum absolute atomic E-state index is 5.14. The quantitative estimate of drug-likeness (QED) is 0.129. The van der Waals surface area contributed by atoms with Crippen molar-refractivity contribution in [2.24, 2.45) is 9.98 Å². The van der Waals surface area contributed by atoms with E-state index in [0.717, 1.165) is 23.4 Å². The molecular weight excluding hydrogens is 593 g/mol. The Labute approximate surface area is 290 Å². The molecule has 0 saturated heterocycles. The SMILES string of the molecule is Cc1cccc(-c2ccc(C=NC(=NCc3ccccc3)C3=CCC(c4ccc5c(c4)-c4ccccc4C5(C)C)c4ccccc43)cc2)c1. The predicted molar refractivity (Wildman–Crippen MR) is 207 cm³/mol. The number of fused-ring (bicyclic) bond motifs is 4. The molecule has 0 saturated carbocycles. The lowest BCUT2D eigenvalue weighted by atomic mass is 9.77. The zero-order valence-electron chi connectivity index (χ0n) is 28.4. The monoisotopic (exact) mass is 632 g/mol. The second-order valence-electron chi connectivity index (χ2n) is 13.8. The molecule has 2 aliphatic carbocycles. The highest BCUT2D eigenvalue weighted by Gasteiger charge is 2.36. The van der Waals surface area contributed by atoms with Gasteiger partial charge < -0.3 is 0 Å². The number of rotatable bonds is 6. The zero-order valence-corrected chi connectivity index (χ0v) is 28.4. The van der Waals surface area contributed by atoms with Crippen LogP contribution in [0.15, 0.2) is 162 Å². The Morgan fingerprint density at radius 2 is 1.41 bits per heavy atom. The summed E-state index contributed by atoms with van der Waals surface area (Å²) in [7, 11) is 0. The smallest absolute Gasteiger partial charge is 0.155 e. The summed E-state index contributed by atoms with van der Waals surface area (Å²) in [5, 5.41) is 0. The van der Waals surface area contributed by atoms with Crippen LogP contribution in [-0.4, -0.2) is 12.1 Å².